The zero-order chi connectivity index (χ0) is 12.5. The molecule has 2 aromatic heterocycles. The van der Waals surface area contributed by atoms with Crippen LogP contribution in [0.3, 0.4) is 0 Å². The van der Waals surface area contributed by atoms with E-state index in [0.29, 0.717) is 0 Å². The van der Waals surface area contributed by atoms with Crippen LogP contribution in [-0.4, -0.2) is 34.3 Å². The third-order valence-corrected chi connectivity index (χ3v) is 4.56. The molecular weight excluding hydrogens is 314 g/mol. The highest BCUT2D eigenvalue weighted by molar-refractivity contribution is 9.11. The molecule has 2 aromatic rings. The van der Waals surface area contributed by atoms with Gasteiger partial charge in [0.1, 0.15) is 0 Å². The molecule has 0 saturated carbocycles. The number of nitrogens with one attached hydrogen (secondary N) is 1. The van der Waals surface area contributed by atoms with Gasteiger partial charge in [0.25, 0.3) is 0 Å². The summed E-state index contributed by atoms with van der Waals surface area (Å²) < 4.78 is 1.09. The highest BCUT2D eigenvalue weighted by Crippen LogP contribution is 2.27. The molecule has 0 spiro atoms. The van der Waals surface area contributed by atoms with E-state index in [1.807, 2.05) is 6.07 Å². The van der Waals surface area contributed by atoms with Crippen LogP contribution in [0.15, 0.2) is 15.2 Å². The molecule has 7 heteroatoms. The van der Waals surface area contributed by atoms with E-state index in [9.17, 15) is 0 Å². The summed E-state index contributed by atoms with van der Waals surface area (Å²) in [7, 11) is 0. The second-order valence-electron chi connectivity index (χ2n) is 4.47. The molecule has 3 heterocycles. The number of H-pyrrole nitrogens is 1. The van der Waals surface area contributed by atoms with Crippen LogP contribution in [0.25, 0.3) is 11.4 Å². The first-order valence-corrected chi connectivity index (χ1v) is 7.57. The molecule has 96 valence electrons. The van der Waals surface area contributed by atoms with Crippen LogP contribution in [-0.2, 0) is 0 Å². The zero-order valence-corrected chi connectivity index (χ0v) is 12.2. The molecule has 3 N–H and O–H groups in total. The fourth-order valence-electron chi connectivity index (χ4n) is 2.15. The number of thiophene rings is 1. The summed E-state index contributed by atoms with van der Waals surface area (Å²) in [4.78, 5) is 6.69. The van der Waals surface area contributed by atoms with Gasteiger partial charge in [-0.25, -0.2) is 0 Å². The Morgan fingerprint density at radius 2 is 2.44 bits per heavy atom. The van der Waals surface area contributed by atoms with E-state index in [0.717, 1.165) is 47.1 Å². The summed E-state index contributed by atoms with van der Waals surface area (Å²) >= 11 is 5.09. The predicted octanol–water partition coefficient (Wildman–Crippen LogP) is 2.22. The summed E-state index contributed by atoms with van der Waals surface area (Å²) in [5.74, 6) is 1.56. The standard InChI is InChI=1S/C11H14BrN5S/c12-9-4-7(6-18-9)10-14-11(16-15-10)17-3-1-2-8(13)5-17/h4,6,8H,1-3,5,13H2,(H,14,15,16). The molecular formula is C11H14BrN5S. The smallest absolute Gasteiger partial charge is 0.245 e. The summed E-state index contributed by atoms with van der Waals surface area (Å²) in [5, 5.41) is 9.33. The lowest BCUT2D eigenvalue weighted by molar-refractivity contribution is 0.500. The Kier molecular flexibility index (Phi) is 3.36. The van der Waals surface area contributed by atoms with E-state index < -0.39 is 0 Å². The maximum Gasteiger partial charge on any atom is 0.245 e. The predicted molar refractivity (Wildman–Crippen MR) is 76.8 cm³/mol. The van der Waals surface area contributed by atoms with Gasteiger partial charge in [-0.15, -0.1) is 16.4 Å². The quantitative estimate of drug-likeness (QED) is 0.887. The van der Waals surface area contributed by atoms with Crippen LogP contribution >= 0.6 is 27.3 Å². The Balaban J connectivity index is 1.80. The fraction of sp³-hybridized carbons (Fsp3) is 0.455. The van der Waals surface area contributed by atoms with Crippen LogP contribution in [0.5, 0.6) is 0 Å². The lowest BCUT2D eigenvalue weighted by Gasteiger charge is -2.29. The number of nitrogens with two attached hydrogens (primary N) is 1. The van der Waals surface area contributed by atoms with E-state index in [1.54, 1.807) is 11.3 Å². The molecule has 0 radical (unpaired) electrons. The van der Waals surface area contributed by atoms with Gasteiger partial charge in [0, 0.05) is 30.1 Å². The van der Waals surface area contributed by atoms with Crippen molar-refractivity contribution < 1.29 is 0 Å². The maximum atomic E-state index is 5.97. The molecule has 1 fully saturated rings. The van der Waals surface area contributed by atoms with Gasteiger partial charge in [0.15, 0.2) is 5.82 Å². The molecule has 5 nitrogen and oxygen atoms in total. The Morgan fingerprint density at radius 1 is 1.56 bits per heavy atom. The highest BCUT2D eigenvalue weighted by atomic mass is 79.9. The highest BCUT2D eigenvalue weighted by Gasteiger charge is 2.20. The lowest BCUT2D eigenvalue weighted by atomic mass is 10.1. The number of aromatic nitrogens is 3. The molecule has 1 unspecified atom stereocenters. The van der Waals surface area contributed by atoms with Gasteiger partial charge in [-0.3, -0.25) is 5.10 Å². The number of nitrogens with zero attached hydrogens (tertiary/aromatic N) is 3. The van der Waals surface area contributed by atoms with Crippen LogP contribution in [0.4, 0.5) is 5.95 Å². The number of piperidine rings is 1. The molecule has 3 rings (SSSR count). The van der Waals surface area contributed by atoms with Crippen molar-refractivity contribution in [1.29, 1.82) is 0 Å². The topological polar surface area (TPSA) is 70.8 Å². The van der Waals surface area contributed by atoms with Gasteiger partial charge in [0.2, 0.25) is 5.95 Å². The van der Waals surface area contributed by atoms with Crippen LogP contribution in [0.2, 0.25) is 0 Å². The second kappa shape index (κ2) is 4.99. The molecule has 1 aliphatic rings. The first kappa shape index (κ1) is 12.1. The minimum atomic E-state index is 0.232. The van der Waals surface area contributed by atoms with Crippen LogP contribution < -0.4 is 10.6 Å². The number of aromatic amines is 1. The Bertz CT molecular complexity index is 537. The summed E-state index contributed by atoms with van der Waals surface area (Å²) in [6.07, 6.45) is 2.19. The Morgan fingerprint density at radius 3 is 3.17 bits per heavy atom. The number of anilines is 1. The molecule has 18 heavy (non-hydrogen) atoms. The molecule has 1 atom stereocenters. The van der Waals surface area contributed by atoms with Crippen molar-refractivity contribution in [1.82, 2.24) is 15.2 Å². The largest absolute Gasteiger partial charge is 0.338 e. The molecule has 0 aromatic carbocycles. The van der Waals surface area contributed by atoms with E-state index in [4.69, 9.17) is 5.73 Å². The molecule has 0 aliphatic carbocycles. The summed E-state index contributed by atoms with van der Waals surface area (Å²) in [6.45, 7) is 1.82. The molecule has 1 saturated heterocycles. The van der Waals surface area contributed by atoms with E-state index in [-0.39, 0.29) is 6.04 Å². The molecule has 0 bridgehead atoms. The number of halogens is 1. The van der Waals surface area contributed by atoms with Crippen molar-refractivity contribution in [2.45, 2.75) is 18.9 Å². The average molecular weight is 328 g/mol. The number of hydrogen-bond donors (Lipinski definition) is 2. The Hall–Kier alpha value is -0.920. The van der Waals surface area contributed by atoms with Crippen LogP contribution in [0, 0.1) is 0 Å². The van der Waals surface area contributed by atoms with Crippen molar-refractivity contribution >= 4 is 33.2 Å². The van der Waals surface area contributed by atoms with Crippen molar-refractivity contribution in [2.75, 3.05) is 18.0 Å². The van der Waals surface area contributed by atoms with Crippen molar-refractivity contribution in [2.24, 2.45) is 5.73 Å². The third kappa shape index (κ3) is 2.43. The van der Waals surface area contributed by atoms with E-state index in [1.165, 1.54) is 0 Å². The van der Waals surface area contributed by atoms with Gasteiger partial charge in [-0.2, -0.15) is 4.98 Å². The maximum absolute atomic E-state index is 5.97. The molecule has 0 amide bonds. The normalized spacial score (nSPS) is 20.3. The zero-order valence-electron chi connectivity index (χ0n) is 9.77. The second-order valence-corrected chi connectivity index (χ2v) is 6.76. The monoisotopic (exact) mass is 327 g/mol. The molecule has 1 aliphatic heterocycles. The first-order valence-electron chi connectivity index (χ1n) is 5.90. The van der Waals surface area contributed by atoms with E-state index >= 15 is 0 Å². The van der Waals surface area contributed by atoms with Gasteiger partial charge < -0.3 is 10.6 Å². The van der Waals surface area contributed by atoms with Gasteiger partial charge in [-0.1, -0.05) is 0 Å². The van der Waals surface area contributed by atoms with Gasteiger partial charge in [-0.05, 0) is 34.8 Å². The van der Waals surface area contributed by atoms with E-state index in [2.05, 4.69) is 41.4 Å². The first-order chi connectivity index (χ1) is 8.72. The average Bonchev–Trinajstić information content (AvgIpc) is 2.97. The van der Waals surface area contributed by atoms with Crippen molar-refractivity contribution in [3.63, 3.8) is 0 Å². The van der Waals surface area contributed by atoms with Gasteiger partial charge in [0.05, 0.1) is 3.79 Å². The summed E-state index contributed by atoms with van der Waals surface area (Å²) in [6, 6.07) is 2.27. The van der Waals surface area contributed by atoms with Crippen molar-refractivity contribution in [3.05, 3.63) is 15.2 Å². The number of hydrogen-bond acceptors (Lipinski definition) is 5. The minimum absolute atomic E-state index is 0.232. The minimum Gasteiger partial charge on any atom is -0.338 e. The lowest BCUT2D eigenvalue weighted by Crippen LogP contribution is -2.43. The number of rotatable bonds is 2. The van der Waals surface area contributed by atoms with Crippen LogP contribution in [0.1, 0.15) is 12.8 Å². The van der Waals surface area contributed by atoms with Crippen molar-refractivity contribution in [3.8, 4) is 11.4 Å². The third-order valence-electron chi connectivity index (χ3n) is 3.06. The van der Waals surface area contributed by atoms with Gasteiger partial charge >= 0.3 is 0 Å². The fourth-order valence-corrected chi connectivity index (χ4v) is 3.29. The Labute approximate surface area is 118 Å². The summed E-state index contributed by atoms with van der Waals surface area (Å²) in [5.41, 5.74) is 7.03. The SMILES string of the molecule is NC1CCCN(c2n[nH]c(-c3csc(Br)c3)n2)C1.